The molecule has 0 aromatic heterocycles. The summed E-state index contributed by atoms with van der Waals surface area (Å²) in [6.45, 7) is 2.77. The third-order valence-corrected chi connectivity index (χ3v) is 6.53. The van der Waals surface area contributed by atoms with Gasteiger partial charge < -0.3 is 14.5 Å². The van der Waals surface area contributed by atoms with E-state index in [0.717, 1.165) is 35.8 Å². The van der Waals surface area contributed by atoms with Gasteiger partial charge in [-0.05, 0) is 48.0 Å². The molecule has 0 N–H and O–H groups in total. The van der Waals surface area contributed by atoms with Crippen molar-refractivity contribution in [1.82, 2.24) is 4.90 Å². The van der Waals surface area contributed by atoms with E-state index in [0.29, 0.717) is 25.1 Å². The molecular weight excluding hydrogens is 414 g/mol. The van der Waals surface area contributed by atoms with Crippen molar-refractivity contribution in [2.45, 2.75) is 12.5 Å². The van der Waals surface area contributed by atoms with Crippen molar-refractivity contribution in [3.63, 3.8) is 0 Å². The molecule has 2 aliphatic rings. The number of methoxy groups -OCH3 is 1. The highest BCUT2D eigenvalue weighted by atomic mass is 16.5. The summed E-state index contributed by atoms with van der Waals surface area (Å²) in [5, 5.41) is 0. The van der Waals surface area contributed by atoms with E-state index >= 15 is 0 Å². The summed E-state index contributed by atoms with van der Waals surface area (Å²) in [6, 6.07) is 24.5. The largest absolute Gasteiger partial charge is 0.497 e. The van der Waals surface area contributed by atoms with Crippen molar-refractivity contribution in [1.29, 1.82) is 0 Å². The van der Waals surface area contributed by atoms with Gasteiger partial charge in [0.2, 0.25) is 5.91 Å². The number of benzene rings is 3. The number of carbonyl (C=O) groups excluding carboxylic acids is 2. The molecule has 3 aromatic carbocycles. The van der Waals surface area contributed by atoms with E-state index in [9.17, 15) is 9.59 Å². The van der Waals surface area contributed by atoms with Crippen LogP contribution in [0.2, 0.25) is 0 Å². The van der Waals surface area contributed by atoms with Crippen LogP contribution in [0.4, 0.5) is 11.4 Å². The maximum absolute atomic E-state index is 13.6. The molecule has 0 aliphatic carbocycles. The Morgan fingerprint density at radius 1 is 0.818 bits per heavy atom. The fraction of sp³-hybridized carbons (Fsp3) is 0.259. The molecule has 168 valence electrons. The minimum Gasteiger partial charge on any atom is -0.497 e. The lowest BCUT2D eigenvalue weighted by atomic mass is 10.1. The molecule has 2 heterocycles. The molecule has 5 rings (SSSR count). The Balaban J connectivity index is 1.32. The molecule has 0 bridgehead atoms. The maximum atomic E-state index is 13.6. The number of hydrogen-bond donors (Lipinski definition) is 0. The quantitative estimate of drug-likeness (QED) is 0.621. The fourth-order valence-corrected chi connectivity index (χ4v) is 4.74. The molecule has 2 aliphatic heterocycles. The molecular formula is C27H27N3O3. The second-order valence-corrected chi connectivity index (χ2v) is 8.40. The van der Waals surface area contributed by atoms with Crippen LogP contribution in [0.15, 0.2) is 78.9 Å². The predicted molar refractivity (Wildman–Crippen MR) is 129 cm³/mol. The predicted octanol–water partition coefficient (Wildman–Crippen LogP) is 3.62. The zero-order valence-electron chi connectivity index (χ0n) is 18.7. The van der Waals surface area contributed by atoms with Crippen molar-refractivity contribution >= 4 is 23.2 Å². The number of amides is 2. The van der Waals surface area contributed by atoms with Crippen LogP contribution < -0.4 is 14.5 Å². The molecule has 1 atom stereocenters. The number of fused-ring (bicyclic) bond motifs is 1. The first kappa shape index (κ1) is 21.1. The summed E-state index contributed by atoms with van der Waals surface area (Å²) < 4.78 is 5.25. The first-order valence-electron chi connectivity index (χ1n) is 11.3. The standard InChI is InChI=1S/C27H27N3O3/c1-33-23-13-11-22(12-14-23)28-15-17-29(18-16-28)27(32)25-19-21-9-5-6-10-24(21)30(25)26(31)20-7-3-2-4-8-20/h2-14,25H,15-19H2,1H3/t25-/m1/s1. The molecule has 33 heavy (non-hydrogen) atoms. The van der Waals surface area contributed by atoms with E-state index in [1.807, 2.05) is 71.6 Å². The number of ether oxygens (including phenoxy) is 1. The van der Waals surface area contributed by atoms with Crippen molar-refractivity contribution in [2.75, 3.05) is 43.1 Å². The lowest BCUT2D eigenvalue weighted by Gasteiger charge is -2.38. The molecule has 0 saturated carbocycles. The van der Waals surface area contributed by atoms with Gasteiger partial charge in [0.1, 0.15) is 11.8 Å². The molecule has 1 saturated heterocycles. The van der Waals surface area contributed by atoms with Crippen LogP contribution in [0, 0.1) is 0 Å². The Labute approximate surface area is 194 Å². The highest BCUT2D eigenvalue weighted by molar-refractivity contribution is 6.11. The molecule has 0 radical (unpaired) electrons. The smallest absolute Gasteiger partial charge is 0.259 e. The van der Waals surface area contributed by atoms with Gasteiger partial charge in [-0.2, -0.15) is 0 Å². The summed E-state index contributed by atoms with van der Waals surface area (Å²) in [6.07, 6.45) is 0.548. The SMILES string of the molecule is COc1ccc(N2CCN(C(=O)[C@H]3Cc4ccccc4N3C(=O)c3ccccc3)CC2)cc1. The average molecular weight is 442 g/mol. The van der Waals surface area contributed by atoms with Crippen LogP contribution >= 0.6 is 0 Å². The number of para-hydroxylation sites is 1. The van der Waals surface area contributed by atoms with E-state index in [-0.39, 0.29) is 11.8 Å². The highest BCUT2D eigenvalue weighted by Gasteiger charge is 2.41. The van der Waals surface area contributed by atoms with Crippen LogP contribution in [0.5, 0.6) is 5.75 Å². The van der Waals surface area contributed by atoms with Gasteiger partial charge in [-0.1, -0.05) is 36.4 Å². The summed E-state index contributed by atoms with van der Waals surface area (Å²) in [4.78, 5) is 33.0. The van der Waals surface area contributed by atoms with Crippen molar-refractivity contribution in [3.8, 4) is 5.75 Å². The molecule has 0 spiro atoms. The van der Waals surface area contributed by atoms with Crippen molar-refractivity contribution in [3.05, 3.63) is 90.0 Å². The number of carbonyl (C=O) groups is 2. The normalized spacial score (nSPS) is 17.6. The maximum Gasteiger partial charge on any atom is 0.259 e. The van der Waals surface area contributed by atoms with Gasteiger partial charge in [-0.15, -0.1) is 0 Å². The first-order chi connectivity index (χ1) is 16.2. The minimum absolute atomic E-state index is 0.0184. The number of hydrogen-bond acceptors (Lipinski definition) is 4. The molecule has 3 aromatic rings. The third-order valence-electron chi connectivity index (χ3n) is 6.53. The van der Waals surface area contributed by atoms with Gasteiger partial charge in [0.25, 0.3) is 5.91 Å². The van der Waals surface area contributed by atoms with E-state index in [4.69, 9.17) is 4.74 Å². The Hall–Kier alpha value is -3.80. The Kier molecular flexibility index (Phi) is 5.73. The van der Waals surface area contributed by atoms with Crippen LogP contribution in [-0.2, 0) is 11.2 Å². The first-order valence-corrected chi connectivity index (χ1v) is 11.3. The summed E-state index contributed by atoms with van der Waals surface area (Å²) in [7, 11) is 1.66. The van der Waals surface area contributed by atoms with Gasteiger partial charge in [0.15, 0.2) is 0 Å². The fourth-order valence-electron chi connectivity index (χ4n) is 4.74. The van der Waals surface area contributed by atoms with E-state index in [1.54, 1.807) is 24.1 Å². The Morgan fingerprint density at radius 2 is 1.48 bits per heavy atom. The van der Waals surface area contributed by atoms with E-state index in [2.05, 4.69) is 4.90 Å². The molecule has 1 fully saturated rings. The van der Waals surface area contributed by atoms with Gasteiger partial charge >= 0.3 is 0 Å². The monoisotopic (exact) mass is 441 g/mol. The third kappa shape index (κ3) is 4.04. The summed E-state index contributed by atoms with van der Waals surface area (Å²) >= 11 is 0. The van der Waals surface area contributed by atoms with Gasteiger partial charge in [-0.25, -0.2) is 0 Å². The van der Waals surface area contributed by atoms with Crippen molar-refractivity contribution < 1.29 is 14.3 Å². The highest BCUT2D eigenvalue weighted by Crippen LogP contribution is 2.34. The molecule has 6 heteroatoms. The number of nitrogens with zero attached hydrogens (tertiary/aromatic N) is 3. The summed E-state index contributed by atoms with van der Waals surface area (Å²) in [5.41, 5.74) is 3.59. The van der Waals surface area contributed by atoms with Crippen molar-refractivity contribution in [2.24, 2.45) is 0 Å². The topological polar surface area (TPSA) is 53.1 Å². The Morgan fingerprint density at radius 3 is 2.18 bits per heavy atom. The second-order valence-electron chi connectivity index (χ2n) is 8.40. The lowest BCUT2D eigenvalue weighted by molar-refractivity contribution is -0.132. The lowest BCUT2D eigenvalue weighted by Crippen LogP contribution is -2.55. The van der Waals surface area contributed by atoms with Crippen LogP contribution in [0.25, 0.3) is 0 Å². The van der Waals surface area contributed by atoms with Gasteiger partial charge in [0.05, 0.1) is 7.11 Å². The molecule has 6 nitrogen and oxygen atoms in total. The molecule has 0 unspecified atom stereocenters. The number of anilines is 2. The number of piperazine rings is 1. The second kappa shape index (κ2) is 8.98. The zero-order chi connectivity index (χ0) is 22.8. The van der Waals surface area contributed by atoms with E-state index in [1.165, 1.54) is 0 Å². The van der Waals surface area contributed by atoms with Crippen LogP contribution in [0.1, 0.15) is 15.9 Å². The van der Waals surface area contributed by atoms with Gasteiger partial charge in [-0.3, -0.25) is 14.5 Å². The average Bonchev–Trinajstić information content (AvgIpc) is 3.28. The van der Waals surface area contributed by atoms with Gasteiger partial charge in [0, 0.05) is 49.5 Å². The van der Waals surface area contributed by atoms with Crippen LogP contribution in [0.3, 0.4) is 0 Å². The summed E-state index contributed by atoms with van der Waals surface area (Å²) in [5.74, 6) is 0.720. The van der Waals surface area contributed by atoms with E-state index < -0.39 is 6.04 Å². The Bertz CT molecular complexity index is 1140. The minimum atomic E-state index is -0.511. The molecule has 2 amide bonds. The number of rotatable bonds is 4. The van der Waals surface area contributed by atoms with Crippen LogP contribution in [-0.4, -0.2) is 56.0 Å². The zero-order valence-corrected chi connectivity index (χ0v) is 18.7.